The smallest absolute Gasteiger partial charge is 0.251 e. The van der Waals surface area contributed by atoms with Crippen LogP contribution in [0.4, 0.5) is 0 Å². The van der Waals surface area contributed by atoms with Gasteiger partial charge in [0.25, 0.3) is 5.91 Å². The average Bonchev–Trinajstić information content (AvgIpc) is 2.80. The SMILES string of the molecule is CCC(C)(O)C(=O)NC1CCC(Oc2ccc3c(c2)CCC(c2ccccc2)O3)CC1. The van der Waals surface area contributed by atoms with Gasteiger partial charge in [-0.15, -0.1) is 0 Å². The van der Waals surface area contributed by atoms with E-state index in [1.165, 1.54) is 11.1 Å². The predicted octanol–water partition coefficient (Wildman–Crippen LogP) is 4.72. The fourth-order valence-electron chi connectivity index (χ4n) is 4.36. The van der Waals surface area contributed by atoms with E-state index in [0.717, 1.165) is 50.0 Å². The molecular formula is C26H33NO4. The Morgan fingerprint density at radius 2 is 1.87 bits per heavy atom. The minimum absolute atomic E-state index is 0.109. The number of aryl methyl sites for hydroxylation is 1. The van der Waals surface area contributed by atoms with E-state index in [4.69, 9.17) is 9.47 Å². The molecule has 0 saturated heterocycles. The highest BCUT2D eigenvalue weighted by Gasteiger charge is 2.31. The molecule has 2 N–H and O–H groups in total. The van der Waals surface area contributed by atoms with Gasteiger partial charge in [0.05, 0.1) is 6.10 Å². The standard InChI is InChI=1S/C26H33NO4/c1-3-26(2,29)25(28)27-20-10-12-21(13-11-20)30-22-14-16-24-19(17-22)9-15-23(31-24)18-7-5-4-6-8-18/h4-8,14,16-17,20-21,23,29H,3,9-13,15H2,1-2H3,(H,27,28). The monoisotopic (exact) mass is 423 g/mol. The lowest BCUT2D eigenvalue weighted by Gasteiger charge is -2.32. The Bertz CT molecular complexity index is 888. The molecule has 1 amide bonds. The molecule has 0 bridgehead atoms. The summed E-state index contributed by atoms with van der Waals surface area (Å²) in [6, 6.07) is 16.6. The Hall–Kier alpha value is -2.53. The van der Waals surface area contributed by atoms with Gasteiger partial charge in [0, 0.05) is 6.04 Å². The van der Waals surface area contributed by atoms with E-state index in [9.17, 15) is 9.90 Å². The molecule has 1 aliphatic heterocycles. The first-order chi connectivity index (χ1) is 14.9. The van der Waals surface area contributed by atoms with Gasteiger partial charge in [0.15, 0.2) is 0 Å². The topological polar surface area (TPSA) is 67.8 Å². The second kappa shape index (κ2) is 9.31. The van der Waals surface area contributed by atoms with Crippen molar-refractivity contribution in [3.63, 3.8) is 0 Å². The molecule has 0 radical (unpaired) electrons. The molecule has 2 aromatic carbocycles. The zero-order valence-corrected chi connectivity index (χ0v) is 18.5. The molecule has 0 aromatic heterocycles. The largest absolute Gasteiger partial charge is 0.490 e. The third kappa shape index (κ3) is 5.21. The van der Waals surface area contributed by atoms with Gasteiger partial charge in [-0.05, 0) is 81.2 Å². The number of carbonyl (C=O) groups excluding carboxylic acids is 1. The minimum Gasteiger partial charge on any atom is -0.490 e. The Morgan fingerprint density at radius 3 is 2.58 bits per heavy atom. The first kappa shape index (κ1) is 21.7. The maximum absolute atomic E-state index is 12.2. The van der Waals surface area contributed by atoms with E-state index in [0.29, 0.717) is 6.42 Å². The van der Waals surface area contributed by atoms with Crippen molar-refractivity contribution < 1.29 is 19.4 Å². The number of nitrogens with one attached hydrogen (secondary N) is 1. The third-order valence-corrected chi connectivity index (χ3v) is 6.64. The Kier molecular flexibility index (Phi) is 6.51. The number of aliphatic hydroxyl groups is 1. The average molecular weight is 424 g/mol. The maximum Gasteiger partial charge on any atom is 0.251 e. The summed E-state index contributed by atoms with van der Waals surface area (Å²) in [5.41, 5.74) is 1.13. The highest BCUT2D eigenvalue weighted by atomic mass is 16.5. The first-order valence-corrected chi connectivity index (χ1v) is 11.5. The molecule has 5 nitrogen and oxygen atoms in total. The van der Waals surface area contributed by atoms with Crippen molar-refractivity contribution in [1.82, 2.24) is 5.32 Å². The number of carbonyl (C=O) groups is 1. The molecule has 2 unspecified atom stereocenters. The van der Waals surface area contributed by atoms with Crippen molar-refractivity contribution >= 4 is 5.91 Å². The molecule has 31 heavy (non-hydrogen) atoms. The van der Waals surface area contributed by atoms with E-state index in [1.807, 2.05) is 25.1 Å². The van der Waals surface area contributed by atoms with Crippen molar-refractivity contribution in [3.05, 3.63) is 59.7 Å². The number of hydrogen-bond acceptors (Lipinski definition) is 4. The van der Waals surface area contributed by atoms with Gasteiger partial charge in [-0.3, -0.25) is 4.79 Å². The van der Waals surface area contributed by atoms with Gasteiger partial charge < -0.3 is 19.9 Å². The lowest BCUT2D eigenvalue weighted by atomic mass is 9.91. The molecule has 1 aliphatic carbocycles. The summed E-state index contributed by atoms with van der Waals surface area (Å²) in [6.07, 6.45) is 6.12. The van der Waals surface area contributed by atoms with Crippen LogP contribution in [0.2, 0.25) is 0 Å². The van der Waals surface area contributed by atoms with E-state index in [-0.39, 0.29) is 24.2 Å². The van der Waals surface area contributed by atoms with Crippen LogP contribution < -0.4 is 14.8 Å². The number of fused-ring (bicyclic) bond motifs is 1. The number of amides is 1. The van der Waals surface area contributed by atoms with Crippen molar-refractivity contribution in [2.45, 2.75) is 82.6 Å². The molecule has 4 rings (SSSR count). The van der Waals surface area contributed by atoms with E-state index in [1.54, 1.807) is 6.92 Å². The summed E-state index contributed by atoms with van der Waals surface area (Å²) in [6.45, 7) is 3.38. The summed E-state index contributed by atoms with van der Waals surface area (Å²) in [4.78, 5) is 12.2. The van der Waals surface area contributed by atoms with Gasteiger partial charge in [-0.25, -0.2) is 0 Å². The van der Waals surface area contributed by atoms with Gasteiger partial charge in [-0.2, -0.15) is 0 Å². The summed E-state index contributed by atoms with van der Waals surface area (Å²) in [7, 11) is 0. The lowest BCUT2D eigenvalue weighted by Crippen LogP contribution is -2.49. The van der Waals surface area contributed by atoms with Crippen LogP contribution in [0, 0.1) is 0 Å². The normalized spacial score (nSPS) is 24.9. The first-order valence-electron chi connectivity index (χ1n) is 11.5. The molecule has 2 atom stereocenters. The summed E-state index contributed by atoms with van der Waals surface area (Å²) < 4.78 is 12.5. The highest BCUT2D eigenvalue weighted by Crippen LogP contribution is 2.37. The molecule has 1 fully saturated rings. The lowest BCUT2D eigenvalue weighted by molar-refractivity contribution is -0.139. The second-order valence-corrected chi connectivity index (χ2v) is 9.02. The molecule has 1 saturated carbocycles. The molecule has 2 aromatic rings. The van der Waals surface area contributed by atoms with Crippen molar-refractivity contribution in [1.29, 1.82) is 0 Å². The Labute approximate surface area is 184 Å². The van der Waals surface area contributed by atoms with Gasteiger partial charge in [0.1, 0.15) is 23.2 Å². The van der Waals surface area contributed by atoms with E-state index < -0.39 is 5.60 Å². The number of rotatable bonds is 6. The van der Waals surface area contributed by atoms with Crippen LogP contribution in [0.25, 0.3) is 0 Å². The fraction of sp³-hybridized carbons (Fsp3) is 0.500. The van der Waals surface area contributed by atoms with E-state index in [2.05, 4.69) is 35.6 Å². The Balaban J connectivity index is 1.29. The fourth-order valence-corrected chi connectivity index (χ4v) is 4.36. The zero-order valence-electron chi connectivity index (χ0n) is 18.5. The molecule has 1 heterocycles. The summed E-state index contributed by atoms with van der Waals surface area (Å²) in [5, 5.41) is 13.1. The highest BCUT2D eigenvalue weighted by molar-refractivity contribution is 5.84. The van der Waals surface area contributed by atoms with Crippen LogP contribution in [0.5, 0.6) is 11.5 Å². The van der Waals surface area contributed by atoms with Crippen LogP contribution in [0.15, 0.2) is 48.5 Å². The summed E-state index contributed by atoms with van der Waals surface area (Å²) in [5.74, 6) is 1.56. The maximum atomic E-state index is 12.2. The van der Waals surface area contributed by atoms with Crippen LogP contribution in [-0.4, -0.2) is 28.8 Å². The molecule has 5 heteroatoms. The van der Waals surface area contributed by atoms with Crippen LogP contribution in [0.3, 0.4) is 0 Å². The quantitative estimate of drug-likeness (QED) is 0.705. The van der Waals surface area contributed by atoms with Crippen LogP contribution in [-0.2, 0) is 11.2 Å². The van der Waals surface area contributed by atoms with Crippen molar-refractivity contribution in [3.8, 4) is 11.5 Å². The van der Waals surface area contributed by atoms with Crippen LogP contribution in [0.1, 0.15) is 69.6 Å². The van der Waals surface area contributed by atoms with Crippen molar-refractivity contribution in [2.75, 3.05) is 0 Å². The van der Waals surface area contributed by atoms with Gasteiger partial charge in [0.2, 0.25) is 0 Å². The van der Waals surface area contributed by atoms with Gasteiger partial charge in [-0.1, -0.05) is 37.3 Å². The zero-order chi connectivity index (χ0) is 21.8. The van der Waals surface area contributed by atoms with Crippen LogP contribution >= 0.6 is 0 Å². The summed E-state index contributed by atoms with van der Waals surface area (Å²) >= 11 is 0. The molecule has 2 aliphatic rings. The van der Waals surface area contributed by atoms with E-state index >= 15 is 0 Å². The predicted molar refractivity (Wildman–Crippen MR) is 120 cm³/mol. The van der Waals surface area contributed by atoms with Crippen molar-refractivity contribution in [2.24, 2.45) is 0 Å². The minimum atomic E-state index is -1.29. The second-order valence-electron chi connectivity index (χ2n) is 9.02. The number of ether oxygens (including phenoxy) is 2. The molecule has 166 valence electrons. The molecular weight excluding hydrogens is 390 g/mol. The Morgan fingerprint density at radius 1 is 1.13 bits per heavy atom. The van der Waals surface area contributed by atoms with Gasteiger partial charge >= 0.3 is 0 Å². The number of hydrogen-bond donors (Lipinski definition) is 2. The third-order valence-electron chi connectivity index (χ3n) is 6.64. The number of benzene rings is 2. The molecule has 0 spiro atoms.